The van der Waals surface area contributed by atoms with E-state index in [2.05, 4.69) is 10.9 Å². The van der Waals surface area contributed by atoms with Gasteiger partial charge in [0.25, 0.3) is 0 Å². The molecule has 124 valence electrons. The molecule has 23 heavy (non-hydrogen) atoms. The normalized spacial score (nSPS) is 25.3. The Balaban J connectivity index is 1.34. The lowest BCUT2D eigenvalue weighted by Crippen LogP contribution is -2.43. The van der Waals surface area contributed by atoms with Crippen LogP contribution in [0, 0.1) is 24.7 Å². The van der Waals surface area contributed by atoms with E-state index in [9.17, 15) is 9.59 Å². The number of rotatable bonds is 5. The molecule has 0 spiro atoms. The van der Waals surface area contributed by atoms with Crippen LogP contribution in [0.5, 0.6) is 0 Å². The summed E-state index contributed by atoms with van der Waals surface area (Å²) in [6.45, 7) is 2.03. The van der Waals surface area contributed by atoms with Crippen LogP contribution in [0.3, 0.4) is 0 Å². The average molecular weight is 332 g/mol. The highest BCUT2D eigenvalue weighted by Gasteiger charge is 2.40. The van der Waals surface area contributed by atoms with Crippen LogP contribution in [0.15, 0.2) is 29.2 Å². The molecule has 2 aliphatic carbocycles. The molecule has 0 aromatic heterocycles. The minimum Gasteiger partial charge on any atom is -0.273 e. The summed E-state index contributed by atoms with van der Waals surface area (Å²) in [4.78, 5) is 24.8. The van der Waals surface area contributed by atoms with E-state index in [1.165, 1.54) is 43.0 Å². The molecule has 0 unspecified atom stereocenters. The van der Waals surface area contributed by atoms with Crippen molar-refractivity contribution in [3.8, 4) is 0 Å². The summed E-state index contributed by atoms with van der Waals surface area (Å²) in [5.74, 6) is 2.18. The van der Waals surface area contributed by atoms with Crippen LogP contribution in [0.2, 0.25) is 0 Å². The van der Waals surface area contributed by atoms with Crippen molar-refractivity contribution in [2.45, 2.75) is 43.9 Å². The molecule has 1 aromatic carbocycles. The lowest BCUT2D eigenvalue weighted by Gasteiger charge is -2.20. The Kier molecular flexibility index (Phi) is 5.26. The van der Waals surface area contributed by atoms with Gasteiger partial charge in [-0.15, -0.1) is 11.8 Å². The van der Waals surface area contributed by atoms with Crippen LogP contribution >= 0.6 is 11.8 Å². The zero-order chi connectivity index (χ0) is 16.2. The van der Waals surface area contributed by atoms with Gasteiger partial charge in [0.2, 0.25) is 11.8 Å². The van der Waals surface area contributed by atoms with Crippen LogP contribution in [-0.2, 0) is 9.59 Å². The van der Waals surface area contributed by atoms with Gasteiger partial charge in [-0.1, -0.05) is 24.1 Å². The zero-order valence-corrected chi connectivity index (χ0v) is 14.3. The van der Waals surface area contributed by atoms with E-state index < -0.39 is 0 Å². The Hall–Kier alpha value is -1.49. The standard InChI is InChI=1S/C18H24N2O2S/c1-12-2-6-16(7-3-12)23-11-18(22)20-19-17(21)10-15-9-13-4-5-14(15)8-13/h2-3,6-7,13-15H,4-5,8-11H2,1H3,(H,19,21)(H,20,22)/t13-,14-,15+/m1/s1. The van der Waals surface area contributed by atoms with Gasteiger partial charge < -0.3 is 0 Å². The molecule has 0 aliphatic heterocycles. The van der Waals surface area contributed by atoms with Gasteiger partial charge in [-0.3, -0.25) is 20.4 Å². The summed E-state index contributed by atoms with van der Waals surface area (Å²) in [5, 5.41) is 0. The maximum absolute atomic E-state index is 12.0. The molecule has 3 rings (SSSR count). The minimum atomic E-state index is -0.170. The monoisotopic (exact) mass is 332 g/mol. The van der Waals surface area contributed by atoms with Crippen LogP contribution in [-0.4, -0.2) is 17.6 Å². The third-order valence-electron chi connectivity index (χ3n) is 5.06. The van der Waals surface area contributed by atoms with Crippen LogP contribution < -0.4 is 10.9 Å². The van der Waals surface area contributed by atoms with Gasteiger partial charge >= 0.3 is 0 Å². The van der Waals surface area contributed by atoms with Gasteiger partial charge in [0.1, 0.15) is 0 Å². The largest absolute Gasteiger partial charge is 0.273 e. The highest BCUT2D eigenvalue weighted by atomic mass is 32.2. The number of fused-ring (bicyclic) bond motifs is 2. The number of carbonyl (C=O) groups excluding carboxylic acids is 2. The molecular weight excluding hydrogens is 308 g/mol. The molecule has 2 bridgehead atoms. The average Bonchev–Trinajstić information content (AvgIpc) is 3.15. The summed E-state index contributed by atoms with van der Waals surface area (Å²) in [5.41, 5.74) is 6.29. The number of aryl methyl sites for hydroxylation is 1. The topological polar surface area (TPSA) is 58.2 Å². The molecule has 2 fully saturated rings. The SMILES string of the molecule is Cc1ccc(SCC(=O)NNC(=O)C[C@@H]2C[C@@H]3CC[C@@H]2C3)cc1. The molecule has 2 amide bonds. The molecule has 3 atom stereocenters. The third-order valence-corrected chi connectivity index (χ3v) is 6.08. The number of thioether (sulfide) groups is 1. The van der Waals surface area contributed by atoms with Gasteiger partial charge in [-0.05, 0) is 56.1 Å². The molecule has 0 saturated heterocycles. The highest BCUT2D eigenvalue weighted by Crippen LogP contribution is 2.49. The smallest absolute Gasteiger partial charge is 0.248 e. The number of benzene rings is 1. The Morgan fingerprint density at radius 3 is 2.48 bits per heavy atom. The van der Waals surface area contributed by atoms with Crippen LogP contribution in [0.25, 0.3) is 0 Å². The van der Waals surface area contributed by atoms with Crippen LogP contribution in [0.1, 0.15) is 37.7 Å². The van der Waals surface area contributed by atoms with Crippen molar-refractivity contribution in [2.75, 3.05) is 5.75 Å². The van der Waals surface area contributed by atoms with Gasteiger partial charge in [0.05, 0.1) is 5.75 Å². The Bertz CT molecular complexity index is 573. The number of nitrogens with one attached hydrogen (secondary N) is 2. The van der Waals surface area contributed by atoms with E-state index in [0.29, 0.717) is 18.1 Å². The Morgan fingerprint density at radius 2 is 1.83 bits per heavy atom. The first kappa shape index (κ1) is 16.4. The van der Waals surface area contributed by atoms with Crippen molar-refractivity contribution >= 4 is 23.6 Å². The van der Waals surface area contributed by atoms with Crippen molar-refractivity contribution < 1.29 is 9.59 Å². The third kappa shape index (κ3) is 4.50. The number of hydrogen-bond donors (Lipinski definition) is 2. The fourth-order valence-corrected chi connectivity index (χ4v) is 4.57. The highest BCUT2D eigenvalue weighted by molar-refractivity contribution is 8.00. The van der Waals surface area contributed by atoms with Gasteiger partial charge in [0, 0.05) is 11.3 Å². The van der Waals surface area contributed by atoms with Crippen molar-refractivity contribution in [3.05, 3.63) is 29.8 Å². The maximum atomic E-state index is 12.0. The summed E-state index contributed by atoms with van der Waals surface area (Å²) >= 11 is 1.47. The molecule has 2 N–H and O–H groups in total. The van der Waals surface area contributed by atoms with E-state index in [1.807, 2.05) is 31.2 Å². The van der Waals surface area contributed by atoms with Crippen molar-refractivity contribution in [1.82, 2.24) is 10.9 Å². The van der Waals surface area contributed by atoms with Gasteiger partial charge in [0.15, 0.2) is 0 Å². The summed E-state index contributed by atoms with van der Waals surface area (Å²) < 4.78 is 0. The molecule has 1 aromatic rings. The van der Waals surface area contributed by atoms with E-state index in [1.54, 1.807) is 0 Å². The van der Waals surface area contributed by atoms with E-state index >= 15 is 0 Å². The van der Waals surface area contributed by atoms with Crippen LogP contribution in [0.4, 0.5) is 0 Å². The second kappa shape index (κ2) is 7.39. The Labute approximate surface area is 141 Å². The minimum absolute atomic E-state index is 0.0590. The van der Waals surface area contributed by atoms with Gasteiger partial charge in [-0.2, -0.15) is 0 Å². The molecule has 0 radical (unpaired) electrons. The van der Waals surface area contributed by atoms with Gasteiger partial charge in [-0.25, -0.2) is 0 Å². The zero-order valence-electron chi connectivity index (χ0n) is 13.5. The lowest BCUT2D eigenvalue weighted by molar-refractivity contribution is -0.128. The Morgan fingerprint density at radius 1 is 1.09 bits per heavy atom. The maximum Gasteiger partial charge on any atom is 0.248 e. The predicted octanol–water partition coefficient (Wildman–Crippen LogP) is 3.06. The molecule has 4 nitrogen and oxygen atoms in total. The second-order valence-corrected chi connectivity index (χ2v) is 7.89. The molecular formula is C18H24N2O2S. The molecule has 2 saturated carbocycles. The van der Waals surface area contributed by atoms with E-state index in [-0.39, 0.29) is 11.8 Å². The van der Waals surface area contributed by atoms with E-state index in [0.717, 1.165) is 16.7 Å². The molecule has 0 heterocycles. The quantitative estimate of drug-likeness (QED) is 0.643. The lowest BCUT2D eigenvalue weighted by atomic mass is 9.86. The van der Waals surface area contributed by atoms with Crippen molar-refractivity contribution in [3.63, 3.8) is 0 Å². The van der Waals surface area contributed by atoms with E-state index in [4.69, 9.17) is 0 Å². The van der Waals surface area contributed by atoms with Crippen molar-refractivity contribution in [1.29, 1.82) is 0 Å². The number of amides is 2. The first-order valence-electron chi connectivity index (χ1n) is 8.37. The molecule has 2 aliphatic rings. The first-order valence-corrected chi connectivity index (χ1v) is 9.36. The first-order chi connectivity index (χ1) is 11.1. The molecule has 5 heteroatoms. The summed E-state index contributed by atoms with van der Waals surface area (Å²) in [7, 11) is 0. The fraction of sp³-hybridized carbons (Fsp3) is 0.556. The fourth-order valence-electron chi connectivity index (χ4n) is 3.87. The summed E-state index contributed by atoms with van der Waals surface area (Å²) in [6.07, 6.45) is 5.66. The number of hydrazine groups is 1. The number of hydrogen-bond acceptors (Lipinski definition) is 3. The summed E-state index contributed by atoms with van der Waals surface area (Å²) in [6, 6.07) is 8.05. The van der Waals surface area contributed by atoms with Crippen molar-refractivity contribution in [2.24, 2.45) is 17.8 Å². The predicted molar refractivity (Wildman–Crippen MR) is 91.7 cm³/mol. The second-order valence-electron chi connectivity index (χ2n) is 6.84. The number of carbonyl (C=O) groups is 2.